The second-order valence-electron chi connectivity index (χ2n) is 14.8. The number of nitrogens with zero attached hydrogens (tertiary/aromatic N) is 3. The van der Waals surface area contributed by atoms with Gasteiger partial charge in [0.1, 0.15) is 0 Å². The molecule has 0 bridgehead atoms. The first kappa shape index (κ1) is 31.3. The molecule has 0 saturated carbocycles. The van der Waals surface area contributed by atoms with E-state index in [2.05, 4.69) is 129 Å². The number of fused-ring (bicyclic) bond motifs is 5. The van der Waals surface area contributed by atoms with E-state index < -0.39 is 0 Å². The minimum absolute atomic E-state index is 0.156. The van der Waals surface area contributed by atoms with Gasteiger partial charge >= 0.3 is 0 Å². The molecule has 10 rings (SSSR count). The van der Waals surface area contributed by atoms with E-state index in [0.29, 0.717) is 17.5 Å². The first-order valence-corrected chi connectivity index (χ1v) is 18.4. The Morgan fingerprint density at radius 1 is 0.453 bits per heavy atom. The van der Waals surface area contributed by atoms with Gasteiger partial charge in [-0.1, -0.05) is 178 Å². The van der Waals surface area contributed by atoms with Gasteiger partial charge in [0, 0.05) is 33.9 Å². The third-order valence-electron chi connectivity index (χ3n) is 11.3. The summed E-state index contributed by atoms with van der Waals surface area (Å²) in [7, 11) is 0. The largest absolute Gasteiger partial charge is 0.208 e. The molecule has 2 unspecified atom stereocenters. The third-order valence-corrected chi connectivity index (χ3v) is 11.3. The van der Waals surface area contributed by atoms with Crippen LogP contribution >= 0.6 is 0 Å². The molecule has 0 N–H and O–H groups in total. The van der Waals surface area contributed by atoms with E-state index in [-0.39, 0.29) is 17.3 Å². The van der Waals surface area contributed by atoms with Crippen LogP contribution in [0.4, 0.5) is 0 Å². The Bertz CT molecular complexity index is 2760. The molecule has 53 heavy (non-hydrogen) atoms. The average Bonchev–Trinajstić information content (AvgIpc) is 3.47. The summed E-state index contributed by atoms with van der Waals surface area (Å²) in [5, 5.41) is 5.27. The molecule has 8 aromatic rings. The summed E-state index contributed by atoms with van der Waals surface area (Å²) in [4.78, 5) is 14.9. The van der Waals surface area contributed by atoms with Crippen molar-refractivity contribution in [3.05, 3.63) is 197 Å². The third kappa shape index (κ3) is 5.31. The van der Waals surface area contributed by atoms with E-state index in [0.717, 1.165) is 22.3 Å². The first-order valence-electron chi connectivity index (χ1n) is 18.4. The van der Waals surface area contributed by atoms with Crippen molar-refractivity contribution >= 4 is 22.4 Å². The van der Waals surface area contributed by atoms with Gasteiger partial charge in [0.15, 0.2) is 17.5 Å². The van der Waals surface area contributed by atoms with Gasteiger partial charge in [0.05, 0.1) is 0 Å². The highest BCUT2D eigenvalue weighted by molar-refractivity contribution is 5.86. The van der Waals surface area contributed by atoms with Gasteiger partial charge in [-0.15, -0.1) is 0 Å². The second-order valence-corrected chi connectivity index (χ2v) is 14.8. The number of benzene rings is 7. The smallest absolute Gasteiger partial charge is 0.164 e. The standard InChI is InChI=1S/C50H37N3/c1-50(2)44-31-37(36-21-13-22-40(29-36)49-52-47(33-15-5-3-6-16-33)51-48(53-49)34-17-7-4-8-18-34)26-27-42(44)45-43(30-38-20-11-12-23-41(38)46(45)50)39-25-24-32-14-9-10-19-35(32)28-39/h3-31,43,45H,1-2H3. The van der Waals surface area contributed by atoms with E-state index in [1.54, 1.807) is 0 Å². The van der Waals surface area contributed by atoms with E-state index in [1.807, 2.05) is 60.7 Å². The van der Waals surface area contributed by atoms with Gasteiger partial charge < -0.3 is 0 Å². The Labute approximate surface area is 309 Å². The summed E-state index contributed by atoms with van der Waals surface area (Å²) < 4.78 is 0. The lowest BCUT2D eigenvalue weighted by Gasteiger charge is -2.31. The fourth-order valence-corrected chi connectivity index (χ4v) is 8.77. The van der Waals surface area contributed by atoms with Crippen LogP contribution in [0.1, 0.15) is 42.4 Å². The molecule has 2 aliphatic rings. The quantitative estimate of drug-likeness (QED) is 0.182. The molecule has 0 aliphatic heterocycles. The zero-order valence-corrected chi connectivity index (χ0v) is 29.7. The van der Waals surface area contributed by atoms with Crippen LogP contribution in [-0.2, 0) is 5.41 Å². The monoisotopic (exact) mass is 679 g/mol. The van der Waals surface area contributed by atoms with Crippen LogP contribution in [-0.4, -0.2) is 15.0 Å². The zero-order chi connectivity index (χ0) is 35.5. The Kier molecular flexibility index (Phi) is 7.29. The molecule has 3 heteroatoms. The molecule has 2 atom stereocenters. The minimum Gasteiger partial charge on any atom is -0.208 e. The van der Waals surface area contributed by atoms with Crippen LogP contribution in [0, 0.1) is 0 Å². The number of hydrogen-bond acceptors (Lipinski definition) is 3. The predicted molar refractivity (Wildman–Crippen MR) is 218 cm³/mol. The molecule has 2 aliphatic carbocycles. The highest BCUT2D eigenvalue weighted by Gasteiger charge is 2.46. The number of hydrogen-bond donors (Lipinski definition) is 0. The molecule has 3 nitrogen and oxygen atoms in total. The first-order chi connectivity index (χ1) is 26.0. The van der Waals surface area contributed by atoms with Gasteiger partial charge in [-0.3, -0.25) is 0 Å². The fourth-order valence-electron chi connectivity index (χ4n) is 8.77. The normalized spacial score (nSPS) is 16.8. The van der Waals surface area contributed by atoms with Gasteiger partial charge in [-0.25, -0.2) is 15.0 Å². The molecule has 0 fully saturated rings. The Balaban J connectivity index is 1.09. The van der Waals surface area contributed by atoms with Gasteiger partial charge in [-0.2, -0.15) is 0 Å². The van der Waals surface area contributed by atoms with Crippen LogP contribution in [0.15, 0.2) is 170 Å². The fraction of sp³-hybridized carbons (Fsp3) is 0.100. The van der Waals surface area contributed by atoms with E-state index in [9.17, 15) is 0 Å². The van der Waals surface area contributed by atoms with Crippen LogP contribution in [0.25, 0.3) is 67.7 Å². The van der Waals surface area contributed by atoms with Gasteiger partial charge in [0.25, 0.3) is 0 Å². The van der Waals surface area contributed by atoms with Crippen molar-refractivity contribution in [1.29, 1.82) is 0 Å². The summed E-state index contributed by atoms with van der Waals surface area (Å²) in [6.45, 7) is 4.84. The highest BCUT2D eigenvalue weighted by atomic mass is 15.0. The average molecular weight is 680 g/mol. The van der Waals surface area contributed by atoms with Crippen molar-refractivity contribution in [3.8, 4) is 45.3 Å². The van der Waals surface area contributed by atoms with Crippen molar-refractivity contribution in [2.45, 2.75) is 31.1 Å². The van der Waals surface area contributed by atoms with Gasteiger partial charge in [-0.05, 0) is 66.7 Å². The van der Waals surface area contributed by atoms with Crippen LogP contribution in [0.5, 0.6) is 0 Å². The van der Waals surface area contributed by atoms with Crippen LogP contribution < -0.4 is 10.4 Å². The number of rotatable bonds is 5. The molecule has 0 radical (unpaired) electrons. The zero-order valence-electron chi connectivity index (χ0n) is 29.7. The van der Waals surface area contributed by atoms with E-state index in [1.165, 1.54) is 49.0 Å². The maximum absolute atomic E-state index is 5.01. The van der Waals surface area contributed by atoms with Crippen LogP contribution in [0.3, 0.4) is 0 Å². The van der Waals surface area contributed by atoms with Crippen LogP contribution in [0.2, 0.25) is 0 Å². The van der Waals surface area contributed by atoms with Gasteiger partial charge in [0.2, 0.25) is 0 Å². The van der Waals surface area contributed by atoms with Crippen molar-refractivity contribution in [1.82, 2.24) is 15.0 Å². The summed E-state index contributed by atoms with van der Waals surface area (Å²) in [6.07, 6.45) is 2.51. The molecule has 252 valence electrons. The van der Waals surface area contributed by atoms with Crippen molar-refractivity contribution in [2.24, 2.45) is 0 Å². The SMILES string of the molecule is CC1(C)C2=c3ccccc3=CC(c3ccc4ccccc4c3)C2c2ccc(-c3cccc(-c4nc(-c5ccccc5)nc(-c5ccccc5)n4)c3)cc21. The molecule has 7 aromatic carbocycles. The molecular formula is C50H37N3. The molecule has 1 aromatic heterocycles. The molecular weight excluding hydrogens is 643 g/mol. The maximum Gasteiger partial charge on any atom is 0.164 e. The lowest BCUT2D eigenvalue weighted by atomic mass is 9.71. The van der Waals surface area contributed by atoms with E-state index >= 15 is 0 Å². The second kappa shape index (κ2) is 12.4. The van der Waals surface area contributed by atoms with Crippen molar-refractivity contribution in [2.75, 3.05) is 0 Å². The lowest BCUT2D eigenvalue weighted by Crippen LogP contribution is -2.37. The van der Waals surface area contributed by atoms with E-state index in [4.69, 9.17) is 15.0 Å². The molecule has 0 saturated heterocycles. The Hall–Kier alpha value is -6.45. The maximum atomic E-state index is 5.01. The Morgan fingerprint density at radius 2 is 1.04 bits per heavy atom. The minimum atomic E-state index is -0.156. The molecule has 0 amide bonds. The summed E-state index contributed by atoms with van der Waals surface area (Å²) in [5.41, 5.74) is 10.8. The lowest BCUT2D eigenvalue weighted by molar-refractivity contribution is 0.670. The summed E-state index contributed by atoms with van der Waals surface area (Å²) in [6, 6.07) is 60.8. The predicted octanol–water partition coefficient (Wildman–Crippen LogP) is 10.5. The summed E-state index contributed by atoms with van der Waals surface area (Å²) >= 11 is 0. The topological polar surface area (TPSA) is 38.7 Å². The molecule has 1 heterocycles. The Morgan fingerprint density at radius 3 is 1.77 bits per heavy atom. The van der Waals surface area contributed by atoms with Crippen molar-refractivity contribution < 1.29 is 0 Å². The molecule has 0 spiro atoms. The van der Waals surface area contributed by atoms with Crippen molar-refractivity contribution in [3.63, 3.8) is 0 Å². The highest BCUT2D eigenvalue weighted by Crippen LogP contribution is 2.57. The number of aromatic nitrogens is 3. The summed E-state index contributed by atoms with van der Waals surface area (Å²) in [5.74, 6) is 2.48.